The smallest absolute Gasteiger partial charge is 0.300 e. The first-order chi connectivity index (χ1) is 17.1. The lowest BCUT2D eigenvalue weighted by molar-refractivity contribution is -0.134. The molecule has 9 nitrogen and oxygen atoms in total. The summed E-state index contributed by atoms with van der Waals surface area (Å²) in [6.07, 6.45) is 5.18. The van der Waals surface area contributed by atoms with Gasteiger partial charge in [-0.05, 0) is 72.1 Å². The highest BCUT2D eigenvalue weighted by atomic mass is 32.2. The average molecular weight is 546 g/mol. The molecule has 3 N–H and O–H groups in total. The molecule has 1 amide bonds. The van der Waals surface area contributed by atoms with E-state index in [4.69, 9.17) is 27.1 Å². The number of carbonyl (C=O) groups is 2. The van der Waals surface area contributed by atoms with Crippen molar-refractivity contribution in [2.75, 3.05) is 11.9 Å². The number of likely N-dealkylation sites (N-methyl/N-ethyl adjacent to an activating group) is 1. The van der Waals surface area contributed by atoms with Crippen LogP contribution in [0.5, 0.6) is 0 Å². The average Bonchev–Trinajstić information content (AvgIpc) is 3.01. The van der Waals surface area contributed by atoms with Gasteiger partial charge in [0, 0.05) is 36.8 Å². The van der Waals surface area contributed by atoms with Crippen LogP contribution in [0.15, 0.2) is 28.0 Å². The number of piperidine rings is 1. The van der Waals surface area contributed by atoms with E-state index in [1.807, 2.05) is 26.0 Å². The number of fused-ring (bicyclic) bond motifs is 1. The molecular weight excluding hydrogens is 510 g/mol. The molecule has 2 saturated heterocycles. The SMILES string of the molecule is CC(=O)O.CCN1C(=O)/C(=C/c2c(NC3CC(C)(C)NC(C)(C)C3)nc3ccc(C)cn3c2=O)SC1=S. The minimum Gasteiger partial charge on any atom is -0.481 e. The first-order valence-electron chi connectivity index (χ1n) is 12.2. The predicted octanol–water partition coefficient (Wildman–Crippen LogP) is 4.04. The highest BCUT2D eigenvalue weighted by Gasteiger charge is 2.38. The standard InChI is InChI=1S/C24H31N5O2S2.C2H4O2/c1-7-28-21(31)17(33-22(28)32)10-16-19(25-15-11-23(3,4)27-24(5,6)12-15)26-18-9-8-14(2)13-29(18)20(16)30;1-2(3)4/h8-10,13,15,25,27H,7,11-12H2,1-6H3;1H3,(H,3,4)/b17-10-;. The fourth-order valence-corrected chi connectivity index (χ4v) is 6.39. The topological polar surface area (TPSA) is 116 Å². The Bertz CT molecular complexity index is 1310. The van der Waals surface area contributed by atoms with Gasteiger partial charge in [0.05, 0.1) is 10.5 Å². The zero-order valence-corrected chi connectivity index (χ0v) is 24.0. The second-order valence-corrected chi connectivity index (χ2v) is 12.4. The van der Waals surface area contributed by atoms with Gasteiger partial charge in [0.1, 0.15) is 15.8 Å². The molecule has 0 saturated carbocycles. The zero-order chi connectivity index (χ0) is 27.7. The zero-order valence-electron chi connectivity index (χ0n) is 22.3. The minimum absolute atomic E-state index is 0.0634. The molecule has 2 fully saturated rings. The summed E-state index contributed by atoms with van der Waals surface area (Å²) in [6.45, 7) is 14.1. The number of carboxylic acid groups (broad SMARTS) is 1. The van der Waals surface area contributed by atoms with E-state index in [1.54, 1.807) is 21.6 Å². The van der Waals surface area contributed by atoms with E-state index in [1.165, 1.54) is 11.8 Å². The van der Waals surface area contributed by atoms with Gasteiger partial charge in [0.2, 0.25) is 0 Å². The lowest BCUT2D eigenvalue weighted by Gasteiger charge is -2.46. The van der Waals surface area contributed by atoms with E-state index in [2.05, 4.69) is 38.3 Å². The number of carbonyl (C=O) groups excluding carboxylic acids is 1. The van der Waals surface area contributed by atoms with Crippen molar-refractivity contribution in [1.82, 2.24) is 19.6 Å². The molecule has 2 aliphatic heterocycles. The predicted molar refractivity (Wildman–Crippen MR) is 153 cm³/mol. The monoisotopic (exact) mass is 545 g/mol. The molecule has 4 heterocycles. The van der Waals surface area contributed by atoms with Gasteiger partial charge in [0.15, 0.2) is 0 Å². The van der Waals surface area contributed by atoms with Crippen molar-refractivity contribution < 1.29 is 14.7 Å². The van der Waals surface area contributed by atoms with Gasteiger partial charge in [-0.3, -0.25) is 23.7 Å². The number of aliphatic carboxylic acids is 1. The molecule has 0 spiro atoms. The number of aryl methyl sites for hydroxylation is 1. The molecule has 4 rings (SSSR count). The molecule has 0 radical (unpaired) electrons. The first-order valence-corrected chi connectivity index (χ1v) is 13.4. The van der Waals surface area contributed by atoms with E-state index >= 15 is 0 Å². The molecular formula is C26H35N5O4S2. The van der Waals surface area contributed by atoms with Gasteiger partial charge < -0.3 is 15.7 Å². The van der Waals surface area contributed by atoms with E-state index in [9.17, 15) is 9.59 Å². The molecule has 0 atom stereocenters. The van der Waals surface area contributed by atoms with Crippen LogP contribution >= 0.6 is 24.0 Å². The number of hydrogen-bond acceptors (Lipinski definition) is 8. The molecule has 0 bridgehead atoms. The highest BCUT2D eigenvalue weighted by molar-refractivity contribution is 8.26. The van der Waals surface area contributed by atoms with Gasteiger partial charge >= 0.3 is 0 Å². The Kier molecular flexibility index (Phi) is 8.50. The number of nitrogens with zero attached hydrogens (tertiary/aromatic N) is 3. The molecule has 0 aliphatic carbocycles. The van der Waals surface area contributed by atoms with E-state index in [-0.39, 0.29) is 28.6 Å². The van der Waals surface area contributed by atoms with Crippen molar-refractivity contribution in [2.45, 2.75) is 78.4 Å². The number of thioether (sulfide) groups is 1. The van der Waals surface area contributed by atoms with Crippen LogP contribution < -0.4 is 16.2 Å². The fourth-order valence-electron chi connectivity index (χ4n) is 5.02. The molecule has 2 aromatic heterocycles. The molecule has 2 aromatic rings. The van der Waals surface area contributed by atoms with Crippen molar-refractivity contribution in [3.63, 3.8) is 0 Å². The number of anilines is 1. The maximum absolute atomic E-state index is 13.6. The van der Waals surface area contributed by atoms with Crippen LogP contribution in [0.2, 0.25) is 0 Å². The number of hydrogen-bond donors (Lipinski definition) is 3. The molecule has 11 heteroatoms. The minimum atomic E-state index is -0.833. The second-order valence-electron chi connectivity index (χ2n) is 10.7. The summed E-state index contributed by atoms with van der Waals surface area (Å²) in [6, 6.07) is 3.90. The lowest BCUT2D eigenvalue weighted by Crippen LogP contribution is -2.60. The summed E-state index contributed by atoms with van der Waals surface area (Å²) < 4.78 is 2.05. The van der Waals surface area contributed by atoms with Gasteiger partial charge in [-0.2, -0.15) is 0 Å². The number of carboxylic acids is 1. The van der Waals surface area contributed by atoms with E-state index < -0.39 is 5.97 Å². The van der Waals surface area contributed by atoms with Crippen LogP contribution in [0.25, 0.3) is 11.7 Å². The van der Waals surface area contributed by atoms with Gasteiger partial charge in [0.25, 0.3) is 17.4 Å². The van der Waals surface area contributed by atoms with Crippen molar-refractivity contribution in [1.29, 1.82) is 0 Å². The Labute approximate surface area is 226 Å². The maximum Gasteiger partial charge on any atom is 0.300 e. The van der Waals surface area contributed by atoms with Crippen molar-refractivity contribution in [3.8, 4) is 0 Å². The number of thiocarbonyl (C=S) groups is 1. The summed E-state index contributed by atoms with van der Waals surface area (Å²) in [7, 11) is 0. The van der Waals surface area contributed by atoms with Crippen LogP contribution in [0.4, 0.5) is 5.82 Å². The highest BCUT2D eigenvalue weighted by Crippen LogP contribution is 2.34. The summed E-state index contributed by atoms with van der Waals surface area (Å²) in [5.74, 6) is -0.500. The lowest BCUT2D eigenvalue weighted by atomic mass is 9.79. The molecule has 200 valence electrons. The van der Waals surface area contributed by atoms with Crippen LogP contribution in [0, 0.1) is 6.92 Å². The third kappa shape index (κ3) is 6.97. The molecule has 37 heavy (non-hydrogen) atoms. The van der Waals surface area contributed by atoms with Crippen LogP contribution in [-0.4, -0.2) is 59.3 Å². The number of rotatable bonds is 4. The molecule has 0 aromatic carbocycles. The molecule has 2 aliphatic rings. The number of nitrogens with one attached hydrogen (secondary N) is 2. The largest absolute Gasteiger partial charge is 0.481 e. The normalized spacial score (nSPS) is 20.2. The number of aromatic nitrogens is 2. The first kappa shape index (κ1) is 28.8. The summed E-state index contributed by atoms with van der Waals surface area (Å²) in [5.41, 5.74) is 1.57. The third-order valence-electron chi connectivity index (χ3n) is 6.00. The Balaban J connectivity index is 0.000000886. The Morgan fingerprint density at radius 2 is 1.86 bits per heavy atom. The van der Waals surface area contributed by atoms with Crippen molar-refractivity contribution in [2.24, 2.45) is 0 Å². The third-order valence-corrected chi connectivity index (χ3v) is 7.38. The summed E-state index contributed by atoms with van der Waals surface area (Å²) >= 11 is 6.58. The van der Waals surface area contributed by atoms with Crippen LogP contribution in [-0.2, 0) is 9.59 Å². The van der Waals surface area contributed by atoms with Gasteiger partial charge in [-0.25, -0.2) is 4.98 Å². The number of amides is 1. The van der Waals surface area contributed by atoms with Crippen LogP contribution in [0.3, 0.4) is 0 Å². The Hall–Kier alpha value is -2.76. The van der Waals surface area contributed by atoms with Gasteiger partial charge in [-0.15, -0.1) is 0 Å². The van der Waals surface area contributed by atoms with E-state index in [0.717, 1.165) is 25.3 Å². The van der Waals surface area contributed by atoms with Crippen molar-refractivity contribution in [3.05, 3.63) is 44.7 Å². The summed E-state index contributed by atoms with van der Waals surface area (Å²) in [5, 5.41) is 14.7. The Morgan fingerprint density at radius 1 is 1.27 bits per heavy atom. The maximum atomic E-state index is 13.6. The quantitative estimate of drug-likeness (QED) is 0.387. The van der Waals surface area contributed by atoms with E-state index in [0.29, 0.717) is 32.8 Å². The summed E-state index contributed by atoms with van der Waals surface area (Å²) in [4.78, 5) is 42.2. The molecule has 0 unspecified atom stereocenters. The fraction of sp³-hybridized carbons (Fsp3) is 0.500. The van der Waals surface area contributed by atoms with Gasteiger partial charge in [-0.1, -0.05) is 30.0 Å². The second kappa shape index (κ2) is 10.9. The number of pyridine rings is 1. The van der Waals surface area contributed by atoms with Crippen LogP contribution in [0.1, 0.15) is 65.5 Å². The van der Waals surface area contributed by atoms with Crippen molar-refractivity contribution >= 4 is 57.7 Å². The Morgan fingerprint density at radius 3 is 2.41 bits per heavy atom.